The van der Waals surface area contributed by atoms with Crippen molar-refractivity contribution in [3.05, 3.63) is 63.6 Å². The molecule has 160 valence electrons. The van der Waals surface area contributed by atoms with Crippen LogP contribution in [0.2, 0.25) is 10.0 Å². The van der Waals surface area contributed by atoms with Gasteiger partial charge < -0.3 is 15.7 Å². The molecule has 0 saturated carbocycles. The van der Waals surface area contributed by atoms with Crippen LogP contribution in [0.3, 0.4) is 0 Å². The van der Waals surface area contributed by atoms with E-state index >= 15 is 0 Å². The Balaban J connectivity index is 0.00000420. The van der Waals surface area contributed by atoms with Gasteiger partial charge in [0, 0.05) is 23.1 Å². The normalized spacial score (nSPS) is 12.8. The fraction of sp³-hybridized carbons (Fsp3) is 0.278. The number of rotatable bonds is 7. The third-order valence-electron chi connectivity index (χ3n) is 3.75. The summed E-state index contributed by atoms with van der Waals surface area (Å²) in [5.41, 5.74) is 1.41. The molecule has 5 N–H and O–H groups in total. The van der Waals surface area contributed by atoms with Crippen LogP contribution in [0, 0.1) is 0 Å². The summed E-state index contributed by atoms with van der Waals surface area (Å²) in [5, 5.41) is 22.5. The van der Waals surface area contributed by atoms with Crippen LogP contribution >= 0.6 is 47.2 Å². The van der Waals surface area contributed by atoms with Gasteiger partial charge in [-0.3, -0.25) is 0 Å². The highest BCUT2D eigenvalue weighted by Gasteiger charge is 2.11. The number of guanidine groups is 1. The maximum Gasteiger partial charge on any atom is 0.238 e. The Hall–Kier alpha value is -1.11. The maximum atomic E-state index is 11.3. The highest BCUT2D eigenvalue weighted by Crippen LogP contribution is 2.23. The molecule has 0 bridgehead atoms. The van der Waals surface area contributed by atoms with Crippen LogP contribution in [0.5, 0.6) is 0 Å². The molecule has 7 nitrogen and oxygen atoms in total. The van der Waals surface area contributed by atoms with Gasteiger partial charge in [0.25, 0.3) is 0 Å². The van der Waals surface area contributed by atoms with Crippen LogP contribution in [0.15, 0.2) is 52.4 Å². The second-order valence-corrected chi connectivity index (χ2v) is 8.42. The lowest BCUT2D eigenvalue weighted by molar-refractivity contribution is 0.181. The number of nitrogens with one attached hydrogen (secondary N) is 2. The number of aliphatic imine (C=N–C) groups is 1. The summed E-state index contributed by atoms with van der Waals surface area (Å²) in [7, 11) is -3.72. The molecule has 2 rings (SSSR count). The van der Waals surface area contributed by atoms with Crippen molar-refractivity contribution >= 4 is 63.2 Å². The number of primary sulfonamides is 1. The minimum absolute atomic E-state index is 0. The second kappa shape index (κ2) is 11.9. The maximum absolute atomic E-state index is 11.3. The number of nitrogens with zero attached hydrogens (tertiary/aromatic N) is 1. The van der Waals surface area contributed by atoms with E-state index in [2.05, 4.69) is 15.6 Å². The van der Waals surface area contributed by atoms with Gasteiger partial charge >= 0.3 is 0 Å². The lowest BCUT2D eigenvalue weighted by Crippen LogP contribution is -2.39. The summed E-state index contributed by atoms with van der Waals surface area (Å²) in [6, 6.07) is 11.1. The molecule has 0 radical (unpaired) electrons. The fourth-order valence-corrected chi connectivity index (χ4v) is 3.43. The van der Waals surface area contributed by atoms with E-state index in [4.69, 9.17) is 28.3 Å². The number of hydrogen-bond donors (Lipinski definition) is 4. The SMILES string of the molecule is CCNC(=NCc1ccc(S(N)(=O)=O)cc1)NCC(O)c1cc(Cl)cc(Cl)c1.I. The van der Waals surface area contributed by atoms with Crippen LogP contribution in [0.25, 0.3) is 0 Å². The minimum Gasteiger partial charge on any atom is -0.387 e. The van der Waals surface area contributed by atoms with Crippen LogP contribution in [0.1, 0.15) is 24.2 Å². The molecule has 0 amide bonds. The molecule has 0 heterocycles. The summed E-state index contributed by atoms with van der Waals surface area (Å²) < 4.78 is 22.6. The Morgan fingerprint density at radius 3 is 2.24 bits per heavy atom. The van der Waals surface area contributed by atoms with E-state index in [-0.39, 0.29) is 35.4 Å². The summed E-state index contributed by atoms with van der Waals surface area (Å²) in [4.78, 5) is 4.48. The second-order valence-electron chi connectivity index (χ2n) is 5.98. The molecule has 2 aromatic rings. The Bertz CT molecular complexity index is 920. The summed E-state index contributed by atoms with van der Waals surface area (Å²) in [5.74, 6) is 0.505. The van der Waals surface area contributed by atoms with E-state index in [1.54, 1.807) is 30.3 Å². The first kappa shape index (κ1) is 25.9. The van der Waals surface area contributed by atoms with Gasteiger partial charge in [-0.2, -0.15) is 0 Å². The molecule has 0 fully saturated rings. The Kier molecular flexibility index (Phi) is 10.7. The molecule has 0 aromatic heterocycles. The van der Waals surface area contributed by atoms with Gasteiger partial charge in [-0.25, -0.2) is 18.5 Å². The Labute approximate surface area is 197 Å². The van der Waals surface area contributed by atoms with E-state index in [0.29, 0.717) is 34.7 Å². The standard InChI is InChI=1S/C18H22Cl2N4O3S.HI/c1-2-22-18(23-10-12-3-5-16(6-4-12)28(21,26)27)24-11-17(25)13-7-14(19)9-15(20)8-13;/h3-9,17,25H,2,10-11H2,1H3,(H2,21,26,27)(H2,22,23,24);1H. The van der Waals surface area contributed by atoms with Crippen LogP contribution < -0.4 is 15.8 Å². The molecule has 1 atom stereocenters. The number of aliphatic hydroxyl groups excluding tert-OH is 1. The number of sulfonamides is 1. The van der Waals surface area contributed by atoms with E-state index in [9.17, 15) is 13.5 Å². The molecular formula is C18H23Cl2IN4O3S. The third-order valence-corrected chi connectivity index (χ3v) is 5.11. The van der Waals surface area contributed by atoms with Gasteiger partial charge in [0.15, 0.2) is 5.96 Å². The van der Waals surface area contributed by atoms with E-state index in [1.807, 2.05) is 6.92 Å². The number of hydrogen-bond acceptors (Lipinski definition) is 4. The highest BCUT2D eigenvalue weighted by atomic mass is 127. The molecular weight excluding hydrogens is 550 g/mol. The van der Waals surface area contributed by atoms with Gasteiger partial charge in [0.1, 0.15) is 0 Å². The first-order valence-electron chi connectivity index (χ1n) is 8.47. The van der Waals surface area contributed by atoms with Gasteiger partial charge in [-0.15, -0.1) is 24.0 Å². The monoisotopic (exact) mass is 572 g/mol. The summed E-state index contributed by atoms with van der Waals surface area (Å²) >= 11 is 11.9. The van der Waals surface area contributed by atoms with Gasteiger partial charge in [0.2, 0.25) is 10.0 Å². The van der Waals surface area contributed by atoms with Crippen molar-refractivity contribution in [2.24, 2.45) is 10.1 Å². The topological polar surface area (TPSA) is 117 Å². The van der Waals surface area contributed by atoms with Gasteiger partial charge in [-0.1, -0.05) is 35.3 Å². The first-order valence-corrected chi connectivity index (χ1v) is 10.8. The van der Waals surface area contributed by atoms with Crippen molar-refractivity contribution in [1.82, 2.24) is 10.6 Å². The zero-order valence-electron chi connectivity index (χ0n) is 15.6. The van der Waals surface area contributed by atoms with Gasteiger partial charge in [-0.05, 0) is 48.4 Å². The van der Waals surface area contributed by atoms with Crippen molar-refractivity contribution in [2.75, 3.05) is 13.1 Å². The molecule has 1 unspecified atom stereocenters. The van der Waals surface area contributed by atoms with Crippen molar-refractivity contribution < 1.29 is 13.5 Å². The van der Waals surface area contributed by atoms with Crippen molar-refractivity contribution in [3.8, 4) is 0 Å². The molecule has 29 heavy (non-hydrogen) atoms. The largest absolute Gasteiger partial charge is 0.387 e. The summed E-state index contributed by atoms with van der Waals surface area (Å²) in [6.07, 6.45) is -0.825. The molecule has 0 aliphatic carbocycles. The Morgan fingerprint density at radius 2 is 1.72 bits per heavy atom. The minimum atomic E-state index is -3.72. The van der Waals surface area contributed by atoms with Crippen LogP contribution in [-0.4, -0.2) is 32.6 Å². The number of benzene rings is 2. The summed E-state index contributed by atoms with van der Waals surface area (Å²) in [6.45, 7) is 3.08. The number of halogens is 3. The van der Waals surface area contributed by atoms with Crippen molar-refractivity contribution in [1.29, 1.82) is 0 Å². The van der Waals surface area contributed by atoms with Crippen LogP contribution in [0.4, 0.5) is 0 Å². The van der Waals surface area contributed by atoms with E-state index in [0.717, 1.165) is 5.56 Å². The zero-order chi connectivity index (χ0) is 20.7. The lowest BCUT2D eigenvalue weighted by Gasteiger charge is -2.16. The molecule has 0 aliphatic rings. The van der Waals surface area contributed by atoms with E-state index < -0.39 is 16.1 Å². The average molecular weight is 573 g/mol. The molecule has 2 aromatic carbocycles. The Morgan fingerprint density at radius 1 is 1.14 bits per heavy atom. The first-order chi connectivity index (χ1) is 13.2. The lowest BCUT2D eigenvalue weighted by atomic mass is 10.1. The smallest absolute Gasteiger partial charge is 0.238 e. The molecule has 0 saturated heterocycles. The molecule has 11 heteroatoms. The van der Waals surface area contributed by atoms with Crippen LogP contribution in [-0.2, 0) is 16.6 Å². The third kappa shape index (κ3) is 8.65. The number of aliphatic hydroxyl groups is 1. The number of nitrogens with two attached hydrogens (primary N) is 1. The highest BCUT2D eigenvalue weighted by molar-refractivity contribution is 14.0. The average Bonchev–Trinajstić information content (AvgIpc) is 2.62. The fourth-order valence-electron chi connectivity index (χ4n) is 2.38. The molecule has 0 aliphatic heterocycles. The predicted molar refractivity (Wildman–Crippen MR) is 127 cm³/mol. The predicted octanol–water partition coefficient (Wildman–Crippen LogP) is 3.05. The zero-order valence-corrected chi connectivity index (χ0v) is 20.3. The van der Waals surface area contributed by atoms with E-state index in [1.165, 1.54) is 12.1 Å². The van der Waals surface area contributed by atoms with Gasteiger partial charge in [0.05, 0.1) is 17.5 Å². The quantitative estimate of drug-likeness (QED) is 0.231. The van der Waals surface area contributed by atoms with Crippen molar-refractivity contribution in [2.45, 2.75) is 24.5 Å². The van der Waals surface area contributed by atoms with Crippen molar-refractivity contribution in [3.63, 3.8) is 0 Å². The molecule has 0 spiro atoms.